The van der Waals surface area contributed by atoms with Gasteiger partial charge in [0.25, 0.3) is 0 Å². The Morgan fingerprint density at radius 3 is 2.76 bits per heavy atom. The Kier molecular flexibility index (Phi) is 4.63. The van der Waals surface area contributed by atoms with Gasteiger partial charge in [0.05, 0.1) is 6.04 Å². The Morgan fingerprint density at radius 1 is 1.10 bits per heavy atom. The molecule has 0 spiro atoms. The summed E-state index contributed by atoms with van der Waals surface area (Å²) in [7, 11) is -3.48. The second-order valence-corrected chi connectivity index (χ2v) is 9.72. The molecule has 148 valence electrons. The average Bonchev–Trinajstić information content (AvgIpc) is 3.48. The molecule has 0 radical (unpaired) electrons. The third kappa shape index (κ3) is 3.55. The quantitative estimate of drug-likeness (QED) is 0.493. The number of thiophene rings is 1. The number of nitrogens with one attached hydrogen (secondary N) is 1. The lowest BCUT2D eigenvalue weighted by Gasteiger charge is -2.19. The van der Waals surface area contributed by atoms with E-state index < -0.39 is 10.4 Å². The van der Waals surface area contributed by atoms with Crippen molar-refractivity contribution in [3.05, 3.63) is 60.0 Å². The normalized spacial score (nSPS) is 18.9. The molecule has 1 aromatic carbocycles. The number of aromatic nitrogens is 4. The van der Waals surface area contributed by atoms with Crippen LogP contribution in [0, 0.1) is 0 Å². The van der Waals surface area contributed by atoms with Crippen LogP contribution in [-0.4, -0.2) is 43.5 Å². The first kappa shape index (κ1) is 18.4. The number of hydrogen-bond donors (Lipinski definition) is 1. The molecular formula is C19H18N6O2S2. The van der Waals surface area contributed by atoms with Crippen molar-refractivity contribution >= 4 is 33.2 Å². The van der Waals surface area contributed by atoms with Gasteiger partial charge in [-0.2, -0.15) is 4.52 Å². The fourth-order valence-corrected chi connectivity index (χ4v) is 5.74. The number of fused-ring (bicyclic) bond motifs is 1. The summed E-state index contributed by atoms with van der Waals surface area (Å²) in [6, 6.07) is 16.8. The van der Waals surface area contributed by atoms with Gasteiger partial charge in [0.1, 0.15) is 5.82 Å². The summed E-state index contributed by atoms with van der Waals surface area (Å²) in [5.74, 6) is 1.45. The van der Waals surface area contributed by atoms with Crippen molar-refractivity contribution in [1.29, 1.82) is 0 Å². The molecule has 29 heavy (non-hydrogen) atoms. The molecule has 3 aromatic heterocycles. The van der Waals surface area contributed by atoms with Crippen molar-refractivity contribution in [2.24, 2.45) is 0 Å². The van der Waals surface area contributed by atoms with Crippen LogP contribution < -0.4 is 9.62 Å². The zero-order valence-corrected chi connectivity index (χ0v) is 17.0. The summed E-state index contributed by atoms with van der Waals surface area (Å²) in [6.45, 7) is 1.28. The monoisotopic (exact) mass is 426 g/mol. The van der Waals surface area contributed by atoms with E-state index in [9.17, 15) is 8.76 Å². The highest BCUT2D eigenvalue weighted by atomic mass is 32.3. The van der Waals surface area contributed by atoms with Crippen molar-refractivity contribution in [3.8, 4) is 11.4 Å². The summed E-state index contributed by atoms with van der Waals surface area (Å²) in [6.07, 6.45) is 0.720. The Morgan fingerprint density at radius 2 is 1.97 bits per heavy atom. The van der Waals surface area contributed by atoms with Crippen LogP contribution in [-0.2, 0) is 14.6 Å². The van der Waals surface area contributed by atoms with E-state index in [0.717, 1.165) is 24.3 Å². The standard InChI is InChI=1S/C19H18N6O2S2/c26-29(27,18-7-4-12-28-18)23-15-10-11-24(13-15)17-9-8-16-20-21-19(25(16)22-17)14-5-2-1-3-6-14/h1-9,12,15H,10-11,13H2,(H-,23,26,27). The molecule has 1 aliphatic rings. The van der Waals surface area contributed by atoms with E-state index in [4.69, 9.17) is 5.10 Å². The molecule has 1 N–H and O–H groups in total. The maximum atomic E-state index is 12.5. The predicted molar refractivity (Wildman–Crippen MR) is 111 cm³/mol. The van der Waals surface area contributed by atoms with Crippen molar-refractivity contribution in [2.45, 2.75) is 16.7 Å². The number of rotatable bonds is 5. The van der Waals surface area contributed by atoms with Gasteiger partial charge in [0.2, 0.25) is 4.21 Å². The summed E-state index contributed by atoms with van der Waals surface area (Å²) in [5.41, 5.74) is 1.61. The largest absolute Gasteiger partial charge is 0.592 e. The third-order valence-electron chi connectivity index (χ3n) is 4.87. The van der Waals surface area contributed by atoms with Gasteiger partial charge < -0.3 is 9.45 Å². The van der Waals surface area contributed by atoms with E-state index in [2.05, 4.69) is 19.8 Å². The number of hydrogen-bond acceptors (Lipinski definition) is 7. The number of nitrogens with zero attached hydrogens (tertiary/aromatic N) is 5. The number of anilines is 1. The zero-order chi connectivity index (χ0) is 19.8. The lowest BCUT2D eigenvalue weighted by Crippen LogP contribution is -2.40. The highest BCUT2D eigenvalue weighted by Gasteiger charge is 2.32. The van der Waals surface area contributed by atoms with E-state index >= 15 is 0 Å². The summed E-state index contributed by atoms with van der Waals surface area (Å²) < 4.78 is 29.8. The van der Waals surface area contributed by atoms with Crippen molar-refractivity contribution in [3.63, 3.8) is 0 Å². The first-order valence-electron chi connectivity index (χ1n) is 9.19. The first-order valence-corrected chi connectivity index (χ1v) is 11.6. The minimum Gasteiger partial charge on any atom is -0.592 e. The lowest BCUT2D eigenvalue weighted by molar-refractivity contribution is 0.456. The van der Waals surface area contributed by atoms with E-state index in [0.29, 0.717) is 22.2 Å². The molecule has 4 aromatic rings. The van der Waals surface area contributed by atoms with Crippen molar-refractivity contribution in [1.82, 2.24) is 24.5 Å². The fraction of sp³-hybridized carbons (Fsp3) is 0.211. The SMILES string of the molecule is O=[S+]([O-])(NC1CCN(c2ccc3nnc(-c4ccccc4)n3n2)C1)c1cccs1. The van der Waals surface area contributed by atoms with Crippen LogP contribution in [0.2, 0.25) is 0 Å². The van der Waals surface area contributed by atoms with Crippen molar-refractivity contribution < 1.29 is 8.76 Å². The summed E-state index contributed by atoms with van der Waals surface area (Å²) in [5, 5.41) is 14.9. The lowest BCUT2D eigenvalue weighted by atomic mass is 10.2. The molecule has 10 heteroatoms. The van der Waals surface area contributed by atoms with Crippen molar-refractivity contribution in [2.75, 3.05) is 18.0 Å². The molecule has 2 atom stereocenters. The van der Waals surface area contributed by atoms with Gasteiger partial charge in [-0.3, -0.25) is 0 Å². The van der Waals surface area contributed by atoms with Gasteiger partial charge in [0, 0.05) is 24.7 Å². The average molecular weight is 427 g/mol. The van der Waals surface area contributed by atoms with Gasteiger partial charge >= 0.3 is 0 Å². The summed E-state index contributed by atoms with van der Waals surface area (Å²) in [4.78, 5) is 2.08. The minimum absolute atomic E-state index is 0.158. The molecule has 4 heterocycles. The molecular weight excluding hydrogens is 408 g/mol. The zero-order valence-electron chi connectivity index (χ0n) is 15.3. The van der Waals surface area contributed by atoms with E-state index in [1.54, 1.807) is 22.0 Å². The topological polar surface area (TPSA) is 98.5 Å². The molecule has 1 aliphatic heterocycles. The smallest absolute Gasteiger partial charge is 0.228 e. The highest BCUT2D eigenvalue weighted by molar-refractivity contribution is 7.97. The summed E-state index contributed by atoms with van der Waals surface area (Å²) >= 11 is 1.22. The van der Waals surface area contributed by atoms with Gasteiger partial charge in [-0.15, -0.1) is 20.0 Å². The molecule has 2 unspecified atom stereocenters. The maximum absolute atomic E-state index is 12.5. The van der Waals surface area contributed by atoms with Gasteiger partial charge in [-0.25, -0.2) is 0 Å². The fourth-order valence-electron chi connectivity index (χ4n) is 3.47. The molecule has 0 amide bonds. The van der Waals surface area contributed by atoms with Crippen LogP contribution in [0.15, 0.2) is 64.2 Å². The van der Waals surface area contributed by atoms with E-state index in [1.165, 1.54) is 11.3 Å². The second-order valence-electron chi connectivity index (χ2n) is 6.84. The van der Waals surface area contributed by atoms with Crippen LogP contribution >= 0.6 is 11.3 Å². The number of benzene rings is 1. The molecule has 8 nitrogen and oxygen atoms in total. The molecule has 1 saturated heterocycles. The predicted octanol–water partition coefficient (Wildman–Crippen LogP) is 2.63. The first-order chi connectivity index (χ1) is 14.1. The van der Waals surface area contributed by atoms with Crippen LogP contribution in [0.4, 0.5) is 5.82 Å². The minimum atomic E-state index is -3.48. The van der Waals surface area contributed by atoms with E-state index in [-0.39, 0.29) is 6.04 Å². The van der Waals surface area contributed by atoms with Gasteiger partial charge in [-0.1, -0.05) is 45.9 Å². The Bertz CT molecular complexity index is 1180. The molecule has 5 rings (SSSR count). The molecule has 0 aliphatic carbocycles. The van der Waals surface area contributed by atoms with Gasteiger partial charge in [0.15, 0.2) is 21.9 Å². The second kappa shape index (κ2) is 7.30. The Balaban J connectivity index is 1.37. The van der Waals surface area contributed by atoms with E-state index in [1.807, 2.05) is 42.5 Å². The molecule has 0 saturated carbocycles. The maximum Gasteiger partial charge on any atom is 0.228 e. The Labute approximate surface area is 172 Å². The van der Waals surface area contributed by atoms with Crippen LogP contribution in [0.25, 0.3) is 17.0 Å². The number of sulfonamides is 1. The van der Waals surface area contributed by atoms with Crippen LogP contribution in [0.3, 0.4) is 0 Å². The van der Waals surface area contributed by atoms with Crippen LogP contribution in [0.5, 0.6) is 0 Å². The highest BCUT2D eigenvalue weighted by Crippen LogP contribution is 2.25. The molecule has 1 fully saturated rings. The molecule has 0 bridgehead atoms. The third-order valence-corrected chi connectivity index (χ3v) is 7.79. The van der Waals surface area contributed by atoms with Crippen LogP contribution in [0.1, 0.15) is 6.42 Å². The Hall–Kier alpha value is -2.66. The van der Waals surface area contributed by atoms with Gasteiger partial charge in [-0.05, 0) is 30.0 Å².